The summed E-state index contributed by atoms with van der Waals surface area (Å²) in [7, 11) is 0. The summed E-state index contributed by atoms with van der Waals surface area (Å²) in [5.41, 5.74) is -3.19. The smallest absolute Gasteiger partial charge is 0.421 e. The van der Waals surface area contributed by atoms with Gasteiger partial charge < -0.3 is 10.2 Å². The first-order valence-electron chi connectivity index (χ1n) is 3.84. The molecular weight excluding hydrogens is 197 g/mol. The van der Waals surface area contributed by atoms with Crippen molar-refractivity contribution in [3.05, 3.63) is 29.8 Å². The Labute approximate surface area is 78.6 Å². The van der Waals surface area contributed by atoms with E-state index in [-0.39, 0.29) is 11.3 Å². The standard InChI is InChI=1S/C9H9F3O2/c1-8(14,9(10,11)12)6-2-4-7(13)5-3-6/h2-5,13-14H,1H3. The van der Waals surface area contributed by atoms with Gasteiger partial charge in [-0.3, -0.25) is 0 Å². The zero-order valence-electron chi connectivity index (χ0n) is 7.34. The van der Waals surface area contributed by atoms with Crippen molar-refractivity contribution in [2.45, 2.75) is 18.7 Å². The number of halogens is 3. The minimum absolute atomic E-state index is 0.147. The Kier molecular flexibility index (Phi) is 2.45. The molecule has 0 bridgehead atoms. The second kappa shape index (κ2) is 3.16. The van der Waals surface area contributed by atoms with Gasteiger partial charge in [-0.15, -0.1) is 0 Å². The van der Waals surface area contributed by atoms with Crippen LogP contribution < -0.4 is 0 Å². The summed E-state index contributed by atoms with van der Waals surface area (Å²) in [6, 6.07) is 4.25. The van der Waals surface area contributed by atoms with E-state index in [0.717, 1.165) is 24.3 Å². The number of rotatable bonds is 1. The SMILES string of the molecule is CC(O)(c1ccc(O)cc1)C(F)(F)F. The van der Waals surface area contributed by atoms with Gasteiger partial charge in [0.05, 0.1) is 0 Å². The Balaban J connectivity index is 3.10. The first-order chi connectivity index (χ1) is 6.25. The number of phenols is 1. The zero-order chi connectivity index (χ0) is 11.0. The summed E-state index contributed by atoms with van der Waals surface area (Å²) >= 11 is 0. The number of hydrogen-bond acceptors (Lipinski definition) is 2. The third-order valence-corrected chi connectivity index (χ3v) is 1.98. The highest BCUT2D eigenvalue weighted by Crippen LogP contribution is 2.38. The van der Waals surface area contributed by atoms with E-state index in [1.807, 2.05) is 0 Å². The first-order valence-corrected chi connectivity index (χ1v) is 3.84. The summed E-state index contributed by atoms with van der Waals surface area (Å²) in [6.07, 6.45) is -4.73. The van der Waals surface area contributed by atoms with Crippen LogP contribution in [0.15, 0.2) is 24.3 Å². The molecular formula is C9H9F3O2. The quantitative estimate of drug-likeness (QED) is 0.739. The lowest BCUT2D eigenvalue weighted by molar-refractivity contribution is -0.258. The molecule has 0 aromatic heterocycles. The maximum absolute atomic E-state index is 12.3. The van der Waals surface area contributed by atoms with Crippen LogP contribution in [0.5, 0.6) is 5.75 Å². The van der Waals surface area contributed by atoms with Crippen molar-refractivity contribution in [3.8, 4) is 5.75 Å². The van der Waals surface area contributed by atoms with Crippen molar-refractivity contribution in [2.24, 2.45) is 0 Å². The van der Waals surface area contributed by atoms with Gasteiger partial charge in [-0.2, -0.15) is 13.2 Å². The maximum Gasteiger partial charge on any atom is 0.421 e. The van der Waals surface area contributed by atoms with Crippen LogP contribution in [0.3, 0.4) is 0 Å². The summed E-state index contributed by atoms with van der Waals surface area (Å²) in [5, 5.41) is 18.1. The lowest BCUT2D eigenvalue weighted by atomic mass is 9.95. The monoisotopic (exact) mass is 206 g/mol. The second-order valence-electron chi connectivity index (χ2n) is 3.12. The molecule has 0 aliphatic rings. The summed E-state index contributed by atoms with van der Waals surface area (Å²) in [4.78, 5) is 0. The minimum Gasteiger partial charge on any atom is -0.508 e. The van der Waals surface area contributed by atoms with Gasteiger partial charge in [-0.25, -0.2) is 0 Å². The van der Waals surface area contributed by atoms with Crippen molar-refractivity contribution in [2.75, 3.05) is 0 Å². The molecule has 1 rings (SSSR count). The Morgan fingerprint density at radius 3 is 1.86 bits per heavy atom. The van der Waals surface area contributed by atoms with Gasteiger partial charge >= 0.3 is 6.18 Å². The fourth-order valence-corrected chi connectivity index (χ4v) is 0.950. The predicted octanol–water partition coefficient (Wildman–Crippen LogP) is 2.16. The highest BCUT2D eigenvalue weighted by atomic mass is 19.4. The van der Waals surface area contributed by atoms with Crippen LogP contribution in [0.25, 0.3) is 0 Å². The molecule has 78 valence electrons. The van der Waals surface area contributed by atoms with E-state index in [9.17, 15) is 18.3 Å². The van der Waals surface area contributed by atoms with Crippen LogP contribution in [-0.4, -0.2) is 16.4 Å². The molecule has 14 heavy (non-hydrogen) atoms. The van der Waals surface area contributed by atoms with Crippen molar-refractivity contribution in [3.63, 3.8) is 0 Å². The number of benzene rings is 1. The molecule has 0 fully saturated rings. The van der Waals surface area contributed by atoms with Crippen LogP contribution in [-0.2, 0) is 5.60 Å². The average Bonchev–Trinajstić information content (AvgIpc) is 2.03. The molecule has 0 aliphatic carbocycles. The molecule has 0 aliphatic heterocycles. The van der Waals surface area contributed by atoms with Gasteiger partial charge in [-0.05, 0) is 24.6 Å². The molecule has 1 aromatic rings. The summed E-state index contributed by atoms with van der Waals surface area (Å²) in [6.45, 7) is 0.666. The number of aliphatic hydroxyl groups is 1. The molecule has 2 N–H and O–H groups in total. The van der Waals surface area contributed by atoms with E-state index in [4.69, 9.17) is 5.11 Å². The largest absolute Gasteiger partial charge is 0.508 e. The zero-order valence-corrected chi connectivity index (χ0v) is 7.34. The van der Waals surface area contributed by atoms with Crippen LogP contribution in [0, 0.1) is 0 Å². The number of hydrogen-bond donors (Lipinski definition) is 2. The maximum atomic E-state index is 12.3. The molecule has 0 saturated heterocycles. The van der Waals surface area contributed by atoms with Gasteiger partial charge in [0.1, 0.15) is 5.75 Å². The van der Waals surface area contributed by atoms with E-state index < -0.39 is 11.8 Å². The molecule has 5 heteroatoms. The number of aromatic hydroxyl groups is 1. The molecule has 0 radical (unpaired) electrons. The summed E-state index contributed by atoms with van der Waals surface area (Å²) < 4.78 is 36.9. The molecule has 0 amide bonds. The average molecular weight is 206 g/mol. The lowest BCUT2D eigenvalue weighted by Gasteiger charge is -2.26. The minimum atomic E-state index is -4.73. The Hall–Kier alpha value is -1.23. The molecule has 0 spiro atoms. The Morgan fingerprint density at radius 2 is 1.50 bits per heavy atom. The van der Waals surface area contributed by atoms with Gasteiger partial charge in [0.25, 0.3) is 0 Å². The normalized spacial score (nSPS) is 16.4. The van der Waals surface area contributed by atoms with Crippen molar-refractivity contribution in [1.82, 2.24) is 0 Å². The Bertz CT molecular complexity index is 314. The highest BCUT2D eigenvalue weighted by molar-refractivity contribution is 5.30. The fraction of sp³-hybridized carbons (Fsp3) is 0.333. The molecule has 1 aromatic carbocycles. The third-order valence-electron chi connectivity index (χ3n) is 1.98. The van der Waals surface area contributed by atoms with Crippen LogP contribution in [0.1, 0.15) is 12.5 Å². The predicted molar refractivity (Wildman–Crippen MR) is 43.7 cm³/mol. The number of alkyl halides is 3. The lowest BCUT2D eigenvalue weighted by Crippen LogP contribution is -2.39. The van der Waals surface area contributed by atoms with E-state index in [0.29, 0.717) is 6.92 Å². The molecule has 1 atom stereocenters. The first kappa shape index (κ1) is 10.8. The third kappa shape index (κ3) is 1.82. The fourth-order valence-electron chi connectivity index (χ4n) is 0.950. The molecule has 0 heterocycles. The van der Waals surface area contributed by atoms with Crippen molar-refractivity contribution in [1.29, 1.82) is 0 Å². The van der Waals surface area contributed by atoms with Crippen LogP contribution in [0.4, 0.5) is 13.2 Å². The Morgan fingerprint density at radius 1 is 1.07 bits per heavy atom. The van der Waals surface area contributed by atoms with Crippen molar-refractivity contribution < 1.29 is 23.4 Å². The molecule has 0 saturated carbocycles. The van der Waals surface area contributed by atoms with Crippen LogP contribution in [0.2, 0.25) is 0 Å². The number of phenolic OH excluding ortho intramolecular Hbond substituents is 1. The van der Waals surface area contributed by atoms with Crippen molar-refractivity contribution >= 4 is 0 Å². The topological polar surface area (TPSA) is 40.5 Å². The van der Waals surface area contributed by atoms with Gasteiger partial charge in [-0.1, -0.05) is 12.1 Å². The van der Waals surface area contributed by atoms with E-state index >= 15 is 0 Å². The molecule has 2 nitrogen and oxygen atoms in total. The second-order valence-corrected chi connectivity index (χ2v) is 3.12. The van der Waals surface area contributed by atoms with Gasteiger partial charge in [0.2, 0.25) is 0 Å². The van der Waals surface area contributed by atoms with E-state index in [1.54, 1.807) is 0 Å². The highest BCUT2D eigenvalue weighted by Gasteiger charge is 2.50. The molecule has 1 unspecified atom stereocenters. The van der Waals surface area contributed by atoms with E-state index in [2.05, 4.69) is 0 Å². The summed E-state index contributed by atoms with van der Waals surface area (Å²) in [5.74, 6) is -0.147. The van der Waals surface area contributed by atoms with Gasteiger partial charge in [0.15, 0.2) is 5.60 Å². The van der Waals surface area contributed by atoms with E-state index in [1.165, 1.54) is 0 Å². The van der Waals surface area contributed by atoms with Crippen LogP contribution >= 0.6 is 0 Å². The van der Waals surface area contributed by atoms with Gasteiger partial charge in [0, 0.05) is 0 Å².